The fourth-order valence-corrected chi connectivity index (χ4v) is 2.27. The summed E-state index contributed by atoms with van der Waals surface area (Å²) in [6.45, 7) is 1.10. The van der Waals surface area contributed by atoms with Crippen molar-refractivity contribution in [3.63, 3.8) is 0 Å². The number of rotatable bonds is 3. The Morgan fingerprint density at radius 1 is 1.53 bits per heavy atom. The number of amides is 1. The van der Waals surface area contributed by atoms with Crippen LogP contribution in [0.1, 0.15) is 23.2 Å². The number of non-ortho nitro benzene ring substituents is 1. The summed E-state index contributed by atoms with van der Waals surface area (Å²) in [4.78, 5) is 24.1. The first kappa shape index (κ1) is 15.4. The van der Waals surface area contributed by atoms with E-state index >= 15 is 0 Å². The molecule has 1 aliphatic heterocycles. The maximum Gasteiger partial charge on any atom is 0.270 e. The van der Waals surface area contributed by atoms with Gasteiger partial charge in [-0.25, -0.2) is 0 Å². The first-order chi connectivity index (χ1) is 8.63. The number of nitro groups is 1. The van der Waals surface area contributed by atoms with Gasteiger partial charge in [0.1, 0.15) is 0 Å². The van der Waals surface area contributed by atoms with E-state index in [-0.39, 0.29) is 30.0 Å². The summed E-state index contributed by atoms with van der Waals surface area (Å²) >= 11 is 0. The Morgan fingerprint density at radius 2 is 2.26 bits per heavy atom. The van der Waals surface area contributed by atoms with Gasteiger partial charge < -0.3 is 10.6 Å². The molecule has 7 heteroatoms. The van der Waals surface area contributed by atoms with Gasteiger partial charge in [-0.2, -0.15) is 0 Å². The highest BCUT2D eigenvalue weighted by atomic mass is 35.5. The minimum absolute atomic E-state index is 0. The highest BCUT2D eigenvalue weighted by Crippen LogP contribution is 2.21. The van der Waals surface area contributed by atoms with Gasteiger partial charge >= 0.3 is 0 Å². The van der Waals surface area contributed by atoms with Crippen molar-refractivity contribution in [2.75, 3.05) is 13.1 Å². The summed E-state index contributed by atoms with van der Waals surface area (Å²) in [6.07, 6.45) is 1.83. The molecular weight excluding hydrogens is 270 g/mol. The largest absolute Gasteiger partial charge is 0.334 e. The van der Waals surface area contributed by atoms with Crippen LogP contribution in [0.3, 0.4) is 0 Å². The summed E-state index contributed by atoms with van der Waals surface area (Å²) in [7, 11) is 0. The molecule has 0 aromatic heterocycles. The molecule has 1 heterocycles. The summed E-state index contributed by atoms with van der Waals surface area (Å²) in [5, 5.41) is 10.7. The van der Waals surface area contributed by atoms with Crippen molar-refractivity contribution < 1.29 is 9.72 Å². The van der Waals surface area contributed by atoms with Crippen LogP contribution in [-0.4, -0.2) is 34.9 Å². The van der Waals surface area contributed by atoms with Crippen molar-refractivity contribution in [3.05, 3.63) is 39.9 Å². The topological polar surface area (TPSA) is 89.5 Å². The third-order valence-corrected chi connectivity index (χ3v) is 3.21. The first-order valence-corrected chi connectivity index (χ1v) is 5.89. The van der Waals surface area contributed by atoms with Gasteiger partial charge in [0, 0.05) is 36.8 Å². The van der Waals surface area contributed by atoms with Crippen LogP contribution in [0.15, 0.2) is 24.3 Å². The minimum Gasteiger partial charge on any atom is -0.334 e. The molecule has 1 aromatic rings. The standard InChI is InChI=1S/C12H15N3O3.ClH/c13-8-11-5-2-6-14(11)12(16)9-3-1-4-10(7-9)15(17)18;/h1,3-4,7,11H,2,5-6,8,13H2;1H. The fraction of sp³-hybridized carbons (Fsp3) is 0.417. The SMILES string of the molecule is Cl.NCC1CCCN1C(=O)c1cccc([N+](=O)[O-])c1. The average Bonchev–Trinajstić information content (AvgIpc) is 2.86. The van der Waals surface area contributed by atoms with Crippen LogP contribution in [0, 0.1) is 10.1 Å². The van der Waals surface area contributed by atoms with Crippen LogP contribution in [0.25, 0.3) is 0 Å². The average molecular weight is 286 g/mol. The second-order valence-electron chi connectivity index (χ2n) is 4.34. The van der Waals surface area contributed by atoms with Gasteiger partial charge in [0.2, 0.25) is 0 Å². The Kier molecular flexibility index (Phi) is 5.26. The minimum atomic E-state index is -0.499. The van der Waals surface area contributed by atoms with E-state index in [0.29, 0.717) is 18.7 Å². The monoisotopic (exact) mass is 285 g/mol. The highest BCUT2D eigenvalue weighted by molar-refractivity contribution is 5.95. The number of halogens is 1. The number of carbonyl (C=O) groups is 1. The number of nitrogens with two attached hydrogens (primary N) is 1. The van der Waals surface area contributed by atoms with E-state index in [1.165, 1.54) is 18.2 Å². The molecule has 0 bridgehead atoms. The van der Waals surface area contributed by atoms with E-state index in [9.17, 15) is 14.9 Å². The number of likely N-dealkylation sites (tertiary alicyclic amines) is 1. The lowest BCUT2D eigenvalue weighted by atomic mass is 10.1. The Hall–Kier alpha value is -1.66. The van der Waals surface area contributed by atoms with Crippen LogP contribution >= 0.6 is 12.4 Å². The summed E-state index contributed by atoms with van der Waals surface area (Å²) in [5.74, 6) is -0.174. The number of hydrogen-bond acceptors (Lipinski definition) is 4. The molecule has 0 spiro atoms. The molecule has 1 atom stereocenters. The van der Waals surface area contributed by atoms with Crippen molar-refractivity contribution in [2.24, 2.45) is 5.73 Å². The van der Waals surface area contributed by atoms with Gasteiger partial charge in [0.05, 0.1) is 4.92 Å². The lowest BCUT2D eigenvalue weighted by Crippen LogP contribution is -2.39. The molecular formula is C12H16ClN3O3. The Bertz CT molecular complexity index is 481. The van der Waals surface area contributed by atoms with Gasteiger partial charge in [-0.3, -0.25) is 14.9 Å². The molecule has 104 valence electrons. The molecule has 19 heavy (non-hydrogen) atoms. The van der Waals surface area contributed by atoms with Gasteiger partial charge in [-0.1, -0.05) is 6.07 Å². The lowest BCUT2D eigenvalue weighted by molar-refractivity contribution is -0.384. The summed E-state index contributed by atoms with van der Waals surface area (Å²) in [5.41, 5.74) is 5.90. The van der Waals surface area contributed by atoms with E-state index < -0.39 is 4.92 Å². The van der Waals surface area contributed by atoms with Crippen LogP contribution in [-0.2, 0) is 0 Å². The quantitative estimate of drug-likeness (QED) is 0.674. The zero-order valence-corrected chi connectivity index (χ0v) is 11.1. The number of hydrogen-bond donors (Lipinski definition) is 1. The molecule has 1 saturated heterocycles. The van der Waals surface area contributed by atoms with E-state index in [2.05, 4.69) is 0 Å². The Morgan fingerprint density at radius 3 is 2.89 bits per heavy atom. The van der Waals surface area contributed by atoms with Crippen molar-refractivity contribution in [3.8, 4) is 0 Å². The fourth-order valence-electron chi connectivity index (χ4n) is 2.27. The van der Waals surface area contributed by atoms with Crippen LogP contribution in [0.2, 0.25) is 0 Å². The highest BCUT2D eigenvalue weighted by Gasteiger charge is 2.28. The van der Waals surface area contributed by atoms with Gasteiger partial charge in [0.25, 0.3) is 11.6 Å². The number of carbonyl (C=O) groups excluding carboxylic acids is 1. The number of benzene rings is 1. The van der Waals surface area contributed by atoms with Crippen molar-refractivity contribution in [2.45, 2.75) is 18.9 Å². The Balaban J connectivity index is 0.00000180. The molecule has 1 aliphatic rings. The van der Waals surface area contributed by atoms with E-state index in [1.54, 1.807) is 11.0 Å². The number of nitrogens with zero attached hydrogens (tertiary/aromatic N) is 2. The van der Waals surface area contributed by atoms with Crippen LogP contribution in [0.4, 0.5) is 5.69 Å². The third kappa shape index (κ3) is 3.21. The van der Waals surface area contributed by atoms with Gasteiger partial charge in [-0.15, -0.1) is 12.4 Å². The lowest BCUT2D eigenvalue weighted by Gasteiger charge is -2.23. The van der Waals surface area contributed by atoms with Crippen molar-refractivity contribution in [1.82, 2.24) is 4.90 Å². The molecule has 0 saturated carbocycles. The first-order valence-electron chi connectivity index (χ1n) is 5.89. The predicted molar refractivity (Wildman–Crippen MR) is 73.5 cm³/mol. The predicted octanol–water partition coefficient (Wildman–Crippen LogP) is 1.58. The summed E-state index contributed by atoms with van der Waals surface area (Å²) < 4.78 is 0. The molecule has 0 radical (unpaired) electrons. The smallest absolute Gasteiger partial charge is 0.270 e. The zero-order chi connectivity index (χ0) is 13.1. The van der Waals surface area contributed by atoms with E-state index in [1.807, 2.05) is 0 Å². The molecule has 2 N–H and O–H groups in total. The molecule has 0 aliphatic carbocycles. The zero-order valence-electron chi connectivity index (χ0n) is 10.3. The maximum atomic E-state index is 12.2. The Labute approximate surface area is 117 Å². The molecule has 1 aromatic carbocycles. The van der Waals surface area contributed by atoms with E-state index in [4.69, 9.17) is 5.73 Å². The van der Waals surface area contributed by atoms with Gasteiger partial charge in [0.15, 0.2) is 0 Å². The molecule has 6 nitrogen and oxygen atoms in total. The molecule has 1 amide bonds. The molecule has 1 fully saturated rings. The van der Waals surface area contributed by atoms with Crippen molar-refractivity contribution in [1.29, 1.82) is 0 Å². The number of nitro benzene ring substituents is 1. The summed E-state index contributed by atoms with van der Waals surface area (Å²) in [6, 6.07) is 5.87. The van der Waals surface area contributed by atoms with Gasteiger partial charge in [-0.05, 0) is 18.9 Å². The van der Waals surface area contributed by atoms with Crippen molar-refractivity contribution >= 4 is 24.0 Å². The third-order valence-electron chi connectivity index (χ3n) is 3.21. The van der Waals surface area contributed by atoms with E-state index in [0.717, 1.165) is 12.8 Å². The molecule has 1 unspecified atom stereocenters. The molecule has 2 rings (SSSR count). The second-order valence-corrected chi connectivity index (χ2v) is 4.34. The normalized spacial score (nSPS) is 17.9. The van der Waals surface area contributed by atoms with Crippen LogP contribution in [0.5, 0.6) is 0 Å². The second kappa shape index (κ2) is 6.49. The maximum absolute atomic E-state index is 12.2. The van der Waals surface area contributed by atoms with Crippen LogP contribution < -0.4 is 5.73 Å².